The van der Waals surface area contributed by atoms with E-state index in [0.717, 1.165) is 4.47 Å². The van der Waals surface area contributed by atoms with Gasteiger partial charge in [-0.05, 0) is 30.3 Å². The van der Waals surface area contributed by atoms with Crippen LogP contribution >= 0.6 is 15.9 Å². The Morgan fingerprint density at radius 3 is 2.86 bits per heavy atom. The first-order valence-corrected chi connectivity index (χ1v) is 6.93. The fourth-order valence-corrected chi connectivity index (χ4v) is 1.89. The van der Waals surface area contributed by atoms with Crippen LogP contribution in [0, 0.1) is 0 Å². The molecule has 1 amide bonds. The lowest BCUT2D eigenvalue weighted by atomic mass is 10.2. The maximum atomic E-state index is 11.6. The molecule has 0 aliphatic rings. The van der Waals surface area contributed by atoms with Gasteiger partial charge in [0.2, 0.25) is 0 Å². The van der Waals surface area contributed by atoms with Gasteiger partial charge >= 0.3 is 0 Å². The fraction of sp³-hybridized carbons (Fsp3) is 0.0667. The maximum absolute atomic E-state index is 11.6. The number of carbonyl (C=O) groups excluding carboxylic acids is 1. The van der Waals surface area contributed by atoms with E-state index in [1.54, 1.807) is 36.4 Å². The van der Waals surface area contributed by atoms with Gasteiger partial charge in [-0.15, -0.1) is 0 Å². The van der Waals surface area contributed by atoms with E-state index in [4.69, 9.17) is 4.74 Å². The first-order chi connectivity index (χ1) is 10.1. The van der Waals surface area contributed by atoms with Crippen molar-refractivity contribution >= 4 is 28.1 Å². The van der Waals surface area contributed by atoms with Crippen LogP contribution in [0.2, 0.25) is 0 Å². The number of halogens is 1. The van der Waals surface area contributed by atoms with Crippen LogP contribution in [-0.2, 0) is 4.79 Å². The molecule has 108 valence electrons. The lowest BCUT2D eigenvalue weighted by molar-refractivity contribution is -0.123. The van der Waals surface area contributed by atoms with Crippen LogP contribution in [0.25, 0.3) is 0 Å². The van der Waals surface area contributed by atoms with E-state index in [2.05, 4.69) is 26.5 Å². The number of nitrogens with one attached hydrogen (secondary N) is 1. The topological polar surface area (TPSA) is 70.9 Å². The van der Waals surface area contributed by atoms with Crippen molar-refractivity contribution in [3.05, 3.63) is 58.6 Å². The second kappa shape index (κ2) is 7.44. The molecule has 0 saturated heterocycles. The normalized spacial score (nSPS) is 10.5. The van der Waals surface area contributed by atoms with Crippen LogP contribution in [0.4, 0.5) is 0 Å². The van der Waals surface area contributed by atoms with Crippen LogP contribution in [0.1, 0.15) is 5.56 Å². The molecule has 0 spiro atoms. The molecule has 0 unspecified atom stereocenters. The van der Waals surface area contributed by atoms with Crippen LogP contribution < -0.4 is 10.2 Å². The fourth-order valence-electron chi connectivity index (χ4n) is 1.51. The summed E-state index contributed by atoms with van der Waals surface area (Å²) in [5.41, 5.74) is 2.85. The lowest BCUT2D eigenvalue weighted by Crippen LogP contribution is -2.24. The van der Waals surface area contributed by atoms with Gasteiger partial charge in [-0.2, -0.15) is 5.10 Å². The highest BCUT2D eigenvalue weighted by atomic mass is 79.9. The first-order valence-electron chi connectivity index (χ1n) is 6.13. The molecule has 0 fully saturated rings. The molecular formula is C15H13BrN2O3. The largest absolute Gasteiger partial charge is 0.507 e. The Morgan fingerprint density at radius 2 is 2.10 bits per heavy atom. The number of rotatable bonds is 5. The molecule has 0 saturated carbocycles. The van der Waals surface area contributed by atoms with Gasteiger partial charge in [0.05, 0.1) is 6.21 Å². The molecule has 0 aliphatic heterocycles. The summed E-state index contributed by atoms with van der Waals surface area (Å²) >= 11 is 3.32. The number of hydrogen-bond acceptors (Lipinski definition) is 4. The Labute approximate surface area is 130 Å². The molecule has 0 heterocycles. The third kappa shape index (κ3) is 4.92. The maximum Gasteiger partial charge on any atom is 0.277 e. The van der Waals surface area contributed by atoms with Crippen molar-refractivity contribution in [2.45, 2.75) is 0 Å². The molecule has 0 bridgehead atoms. The van der Waals surface area contributed by atoms with Crippen molar-refractivity contribution in [1.82, 2.24) is 5.43 Å². The van der Waals surface area contributed by atoms with Crippen molar-refractivity contribution in [2.24, 2.45) is 5.10 Å². The molecule has 0 aliphatic carbocycles. The van der Waals surface area contributed by atoms with Gasteiger partial charge in [0.25, 0.3) is 5.91 Å². The van der Waals surface area contributed by atoms with Crippen molar-refractivity contribution in [3.63, 3.8) is 0 Å². The molecule has 0 atom stereocenters. The zero-order chi connectivity index (χ0) is 15.1. The van der Waals surface area contributed by atoms with Gasteiger partial charge in [-0.1, -0.05) is 34.1 Å². The third-order valence-corrected chi connectivity index (χ3v) is 2.99. The summed E-state index contributed by atoms with van der Waals surface area (Å²) in [6.07, 6.45) is 1.37. The van der Waals surface area contributed by atoms with Gasteiger partial charge in [0.15, 0.2) is 6.61 Å². The minimum atomic E-state index is -0.387. The van der Waals surface area contributed by atoms with Crippen molar-refractivity contribution < 1.29 is 14.6 Å². The molecule has 0 aromatic heterocycles. The van der Waals surface area contributed by atoms with Gasteiger partial charge in [-0.25, -0.2) is 5.43 Å². The number of aromatic hydroxyl groups is 1. The molecule has 2 aromatic carbocycles. The number of nitrogens with zero attached hydrogens (tertiary/aromatic N) is 1. The van der Waals surface area contributed by atoms with Crippen molar-refractivity contribution in [3.8, 4) is 11.5 Å². The summed E-state index contributed by atoms with van der Waals surface area (Å²) in [6, 6.07) is 13.9. The van der Waals surface area contributed by atoms with E-state index in [0.29, 0.717) is 11.3 Å². The summed E-state index contributed by atoms with van der Waals surface area (Å²) in [5.74, 6) is 0.298. The Bertz CT molecular complexity index is 659. The number of hydrazone groups is 1. The standard InChI is InChI=1S/C15H13BrN2O3/c16-12-5-3-6-13(8-12)21-10-15(20)18-17-9-11-4-1-2-7-14(11)19/h1-9,19H,10H2,(H,18,20). The Kier molecular flexibility index (Phi) is 5.34. The van der Waals surface area contributed by atoms with Crippen LogP contribution in [0.15, 0.2) is 58.1 Å². The second-order valence-electron chi connectivity index (χ2n) is 4.10. The molecule has 0 radical (unpaired) electrons. The number of para-hydroxylation sites is 1. The average Bonchev–Trinajstić information content (AvgIpc) is 2.47. The number of amides is 1. The second-order valence-corrected chi connectivity index (χ2v) is 5.01. The Morgan fingerprint density at radius 1 is 1.29 bits per heavy atom. The summed E-state index contributed by atoms with van der Waals surface area (Å²) < 4.78 is 6.18. The highest BCUT2D eigenvalue weighted by Crippen LogP contribution is 2.17. The third-order valence-electron chi connectivity index (χ3n) is 2.50. The van der Waals surface area contributed by atoms with Crippen LogP contribution in [-0.4, -0.2) is 23.8 Å². The summed E-state index contributed by atoms with van der Waals surface area (Å²) in [5, 5.41) is 13.3. The summed E-state index contributed by atoms with van der Waals surface area (Å²) in [4.78, 5) is 11.6. The van der Waals surface area contributed by atoms with Crippen molar-refractivity contribution in [1.29, 1.82) is 0 Å². The molecule has 2 aromatic rings. The molecule has 6 heteroatoms. The number of carbonyl (C=O) groups is 1. The van der Waals surface area contributed by atoms with Gasteiger partial charge in [0.1, 0.15) is 11.5 Å². The Hall–Kier alpha value is -2.34. The summed E-state index contributed by atoms with van der Waals surface area (Å²) in [6.45, 7) is -0.144. The lowest BCUT2D eigenvalue weighted by Gasteiger charge is -2.05. The van der Waals surface area contributed by atoms with Crippen molar-refractivity contribution in [2.75, 3.05) is 6.61 Å². The molecule has 2 N–H and O–H groups in total. The minimum Gasteiger partial charge on any atom is -0.507 e. The molecule has 5 nitrogen and oxygen atoms in total. The number of benzene rings is 2. The molecule has 21 heavy (non-hydrogen) atoms. The minimum absolute atomic E-state index is 0.0980. The van der Waals surface area contributed by atoms with E-state index in [1.165, 1.54) is 6.21 Å². The predicted molar refractivity (Wildman–Crippen MR) is 83.5 cm³/mol. The number of hydrogen-bond donors (Lipinski definition) is 2. The van der Waals surface area contributed by atoms with E-state index >= 15 is 0 Å². The number of phenolic OH excluding ortho intramolecular Hbond substituents is 1. The first kappa shape index (κ1) is 15.1. The van der Waals surface area contributed by atoms with Crippen LogP contribution in [0.5, 0.6) is 11.5 Å². The van der Waals surface area contributed by atoms with E-state index < -0.39 is 0 Å². The van der Waals surface area contributed by atoms with E-state index in [1.807, 2.05) is 12.1 Å². The quantitative estimate of drug-likeness (QED) is 0.644. The van der Waals surface area contributed by atoms with Gasteiger partial charge in [0, 0.05) is 10.0 Å². The number of ether oxygens (including phenoxy) is 1. The highest BCUT2D eigenvalue weighted by molar-refractivity contribution is 9.10. The molecule has 2 rings (SSSR count). The average molecular weight is 349 g/mol. The predicted octanol–water partition coefficient (Wildman–Crippen LogP) is 2.68. The summed E-state index contributed by atoms with van der Waals surface area (Å²) in [7, 11) is 0. The number of phenols is 1. The van der Waals surface area contributed by atoms with Gasteiger partial charge < -0.3 is 9.84 Å². The highest BCUT2D eigenvalue weighted by Gasteiger charge is 2.02. The zero-order valence-electron chi connectivity index (χ0n) is 11.0. The van der Waals surface area contributed by atoms with E-state index in [9.17, 15) is 9.90 Å². The Balaban J connectivity index is 1.81. The smallest absolute Gasteiger partial charge is 0.277 e. The monoisotopic (exact) mass is 348 g/mol. The zero-order valence-corrected chi connectivity index (χ0v) is 12.6. The van der Waals surface area contributed by atoms with Gasteiger partial charge in [-0.3, -0.25) is 4.79 Å². The molecular weight excluding hydrogens is 336 g/mol. The SMILES string of the molecule is O=C(COc1cccc(Br)c1)NN=Cc1ccccc1O. The van der Waals surface area contributed by atoms with Crippen LogP contribution in [0.3, 0.4) is 0 Å². The van der Waals surface area contributed by atoms with E-state index in [-0.39, 0.29) is 18.3 Å².